The number of sulfone groups is 1. The largest absolute Gasteiger partial charge is 0.493 e. The molecular weight excluding hydrogens is 305 g/mol. The second-order valence-corrected chi connectivity index (χ2v) is 8.05. The van der Waals surface area contributed by atoms with Crippen LogP contribution in [-0.2, 0) is 9.84 Å². The molecule has 0 spiro atoms. The number of ether oxygens (including phenoxy) is 1. The standard InChI is InChI=1S/C16H24FNO3S/c1-12(13-5-8-18-9-6-13)7-10-21-14-3-4-16(15(17)11-14)22(2,19)20/h3-4,11-13,18H,5-10H2,1-2H3/t12-/m1/s1. The lowest BCUT2D eigenvalue weighted by molar-refractivity contribution is 0.215. The molecule has 0 radical (unpaired) electrons. The third-order valence-electron chi connectivity index (χ3n) is 4.33. The third-order valence-corrected chi connectivity index (χ3v) is 5.46. The fourth-order valence-electron chi connectivity index (χ4n) is 2.88. The molecule has 1 aliphatic heterocycles. The highest BCUT2D eigenvalue weighted by Crippen LogP contribution is 2.25. The molecule has 1 aliphatic rings. The summed E-state index contributed by atoms with van der Waals surface area (Å²) in [7, 11) is -3.54. The Morgan fingerprint density at radius 3 is 2.64 bits per heavy atom. The highest BCUT2D eigenvalue weighted by atomic mass is 32.2. The van der Waals surface area contributed by atoms with Crippen LogP contribution < -0.4 is 10.1 Å². The van der Waals surface area contributed by atoms with E-state index in [1.807, 2.05) is 0 Å². The smallest absolute Gasteiger partial charge is 0.178 e. The zero-order valence-corrected chi connectivity index (χ0v) is 14.0. The number of benzene rings is 1. The van der Waals surface area contributed by atoms with Gasteiger partial charge in [-0.3, -0.25) is 0 Å². The monoisotopic (exact) mass is 329 g/mol. The van der Waals surface area contributed by atoms with Crippen molar-refractivity contribution in [1.29, 1.82) is 0 Å². The molecule has 1 N–H and O–H groups in total. The van der Waals surface area contributed by atoms with Gasteiger partial charge in [-0.2, -0.15) is 0 Å². The van der Waals surface area contributed by atoms with Crippen LogP contribution in [0.2, 0.25) is 0 Å². The van der Waals surface area contributed by atoms with Crippen LogP contribution in [0.15, 0.2) is 23.1 Å². The highest BCUT2D eigenvalue weighted by molar-refractivity contribution is 7.90. The maximum absolute atomic E-state index is 13.8. The summed E-state index contributed by atoms with van der Waals surface area (Å²) in [5.41, 5.74) is 0. The minimum atomic E-state index is -3.54. The van der Waals surface area contributed by atoms with Crippen molar-refractivity contribution in [1.82, 2.24) is 5.32 Å². The van der Waals surface area contributed by atoms with Crippen LogP contribution in [0.25, 0.3) is 0 Å². The highest BCUT2D eigenvalue weighted by Gasteiger charge is 2.20. The Bertz CT molecular complexity index is 597. The molecule has 1 aromatic rings. The van der Waals surface area contributed by atoms with Crippen molar-refractivity contribution >= 4 is 9.84 Å². The molecule has 0 bridgehead atoms. The first-order chi connectivity index (χ1) is 10.4. The minimum absolute atomic E-state index is 0.289. The zero-order valence-electron chi connectivity index (χ0n) is 13.1. The molecule has 2 rings (SSSR count). The molecule has 0 saturated carbocycles. The first kappa shape index (κ1) is 17.2. The van der Waals surface area contributed by atoms with Crippen molar-refractivity contribution in [2.75, 3.05) is 26.0 Å². The Kier molecular flexibility index (Phi) is 5.81. The van der Waals surface area contributed by atoms with Gasteiger partial charge in [-0.25, -0.2) is 12.8 Å². The van der Waals surface area contributed by atoms with Gasteiger partial charge in [0.25, 0.3) is 0 Å². The van der Waals surface area contributed by atoms with Crippen molar-refractivity contribution in [3.63, 3.8) is 0 Å². The Morgan fingerprint density at radius 2 is 2.05 bits per heavy atom. The number of hydrogen-bond acceptors (Lipinski definition) is 4. The first-order valence-corrected chi connectivity index (χ1v) is 9.60. The zero-order chi connectivity index (χ0) is 16.2. The van der Waals surface area contributed by atoms with Crippen LogP contribution in [-0.4, -0.2) is 34.4 Å². The van der Waals surface area contributed by atoms with Crippen molar-refractivity contribution in [3.8, 4) is 5.75 Å². The van der Waals surface area contributed by atoms with E-state index in [0.717, 1.165) is 31.8 Å². The third kappa shape index (κ3) is 4.68. The van der Waals surface area contributed by atoms with Crippen LogP contribution >= 0.6 is 0 Å². The molecule has 0 aromatic heterocycles. The molecule has 6 heteroatoms. The fourth-order valence-corrected chi connectivity index (χ4v) is 3.61. The molecular formula is C16H24FNO3S. The lowest BCUT2D eigenvalue weighted by Crippen LogP contribution is -2.31. The molecule has 1 heterocycles. The summed E-state index contributed by atoms with van der Waals surface area (Å²) in [6.07, 6.45) is 4.30. The Balaban J connectivity index is 1.85. The summed E-state index contributed by atoms with van der Waals surface area (Å²) in [5, 5.41) is 3.35. The van der Waals surface area contributed by atoms with E-state index in [-0.39, 0.29) is 4.90 Å². The van der Waals surface area contributed by atoms with Gasteiger partial charge in [-0.1, -0.05) is 6.92 Å². The average Bonchev–Trinajstić information content (AvgIpc) is 2.47. The molecule has 22 heavy (non-hydrogen) atoms. The topological polar surface area (TPSA) is 55.4 Å². The Morgan fingerprint density at radius 1 is 1.36 bits per heavy atom. The van der Waals surface area contributed by atoms with E-state index in [4.69, 9.17) is 4.74 Å². The van der Waals surface area contributed by atoms with Gasteiger partial charge in [0.05, 0.1) is 6.61 Å². The van der Waals surface area contributed by atoms with Crippen LogP contribution in [0.5, 0.6) is 5.75 Å². The normalized spacial score (nSPS) is 18.1. The molecule has 4 nitrogen and oxygen atoms in total. The Labute approximate surface area is 132 Å². The van der Waals surface area contributed by atoms with E-state index in [1.165, 1.54) is 25.0 Å². The molecule has 1 fully saturated rings. The molecule has 0 amide bonds. The minimum Gasteiger partial charge on any atom is -0.493 e. The first-order valence-electron chi connectivity index (χ1n) is 7.71. The SMILES string of the molecule is C[C@H](CCOc1ccc(S(C)(=O)=O)c(F)c1)C1CCNCC1. The Hall–Kier alpha value is -1.14. The number of hydrogen-bond donors (Lipinski definition) is 1. The predicted octanol–water partition coefficient (Wildman–Crippen LogP) is 2.63. The van der Waals surface area contributed by atoms with Crippen LogP contribution in [0.4, 0.5) is 4.39 Å². The van der Waals surface area contributed by atoms with Gasteiger partial charge in [0.15, 0.2) is 9.84 Å². The number of rotatable bonds is 6. The van der Waals surface area contributed by atoms with Crippen molar-refractivity contribution in [3.05, 3.63) is 24.0 Å². The van der Waals surface area contributed by atoms with E-state index in [2.05, 4.69) is 12.2 Å². The van der Waals surface area contributed by atoms with E-state index < -0.39 is 15.7 Å². The molecule has 1 atom stereocenters. The van der Waals surface area contributed by atoms with Gasteiger partial charge < -0.3 is 10.1 Å². The lowest BCUT2D eigenvalue weighted by Gasteiger charge is -2.28. The molecule has 0 aliphatic carbocycles. The number of halogens is 1. The number of piperidine rings is 1. The maximum atomic E-state index is 13.8. The summed E-state index contributed by atoms with van der Waals surface area (Å²) < 4.78 is 42.0. The van der Waals surface area contributed by atoms with E-state index >= 15 is 0 Å². The summed E-state index contributed by atoms with van der Waals surface area (Å²) >= 11 is 0. The van der Waals surface area contributed by atoms with Gasteiger partial charge in [-0.15, -0.1) is 0 Å². The molecule has 1 saturated heterocycles. The second kappa shape index (κ2) is 7.42. The quantitative estimate of drug-likeness (QED) is 0.872. The average molecular weight is 329 g/mol. The number of nitrogens with one attached hydrogen (secondary N) is 1. The van der Waals surface area contributed by atoms with Crippen molar-refractivity contribution < 1.29 is 17.5 Å². The summed E-state index contributed by atoms with van der Waals surface area (Å²) in [6.45, 7) is 4.90. The van der Waals surface area contributed by atoms with Gasteiger partial charge in [-0.05, 0) is 56.3 Å². The van der Waals surface area contributed by atoms with Gasteiger partial charge >= 0.3 is 0 Å². The van der Waals surface area contributed by atoms with E-state index in [0.29, 0.717) is 24.2 Å². The van der Waals surface area contributed by atoms with E-state index in [9.17, 15) is 12.8 Å². The van der Waals surface area contributed by atoms with Crippen molar-refractivity contribution in [2.24, 2.45) is 11.8 Å². The summed E-state index contributed by atoms with van der Waals surface area (Å²) in [5.74, 6) is 0.908. The predicted molar refractivity (Wildman–Crippen MR) is 84.4 cm³/mol. The molecule has 0 unspecified atom stereocenters. The van der Waals surface area contributed by atoms with Crippen LogP contribution in [0.3, 0.4) is 0 Å². The second-order valence-electron chi connectivity index (χ2n) is 6.07. The van der Waals surface area contributed by atoms with Crippen molar-refractivity contribution in [2.45, 2.75) is 31.1 Å². The van der Waals surface area contributed by atoms with E-state index in [1.54, 1.807) is 0 Å². The molecule has 124 valence electrons. The fraction of sp³-hybridized carbons (Fsp3) is 0.625. The van der Waals surface area contributed by atoms with Gasteiger partial charge in [0.1, 0.15) is 16.5 Å². The summed E-state index contributed by atoms with van der Waals surface area (Å²) in [4.78, 5) is -0.289. The maximum Gasteiger partial charge on any atom is 0.178 e. The van der Waals surface area contributed by atoms with Gasteiger partial charge in [0, 0.05) is 12.3 Å². The van der Waals surface area contributed by atoms with Gasteiger partial charge in [0.2, 0.25) is 0 Å². The van der Waals surface area contributed by atoms with Crippen LogP contribution in [0.1, 0.15) is 26.2 Å². The lowest BCUT2D eigenvalue weighted by atomic mass is 9.84. The van der Waals surface area contributed by atoms with Crippen LogP contribution in [0, 0.1) is 17.7 Å². The molecule has 1 aromatic carbocycles. The summed E-state index contributed by atoms with van der Waals surface area (Å²) in [6, 6.07) is 3.91.